The second-order valence-electron chi connectivity index (χ2n) is 7.52. The molecule has 0 amide bonds. The van der Waals surface area contributed by atoms with Crippen molar-refractivity contribution in [3.63, 3.8) is 0 Å². The predicted molar refractivity (Wildman–Crippen MR) is 110 cm³/mol. The fourth-order valence-electron chi connectivity index (χ4n) is 3.05. The molecule has 1 aliphatic rings. The van der Waals surface area contributed by atoms with Crippen molar-refractivity contribution < 1.29 is 20.4 Å². The van der Waals surface area contributed by atoms with E-state index in [9.17, 15) is 0 Å². The summed E-state index contributed by atoms with van der Waals surface area (Å²) in [7, 11) is 18.8. The summed E-state index contributed by atoms with van der Waals surface area (Å²) < 4.78 is 0. The Hall–Kier alpha value is 0.342. The van der Waals surface area contributed by atoms with Gasteiger partial charge in [-0.05, 0) is 56.4 Å². The van der Waals surface area contributed by atoms with Gasteiger partial charge in [-0.15, -0.1) is 0 Å². The van der Waals surface area contributed by atoms with E-state index in [-0.39, 0.29) is 27.8 Å². The molecule has 0 aliphatic carbocycles. The quantitative estimate of drug-likeness (QED) is 0.448. The Bertz CT molecular complexity index is 264. The summed E-state index contributed by atoms with van der Waals surface area (Å²) in [6.45, 7) is 6.88. The van der Waals surface area contributed by atoms with Gasteiger partial charge in [0.15, 0.2) is 0 Å². The summed E-state index contributed by atoms with van der Waals surface area (Å²) in [6, 6.07) is 0. The van der Waals surface area contributed by atoms with Gasteiger partial charge >= 0.3 is 0 Å². The van der Waals surface area contributed by atoms with E-state index in [0.717, 1.165) is 46.7 Å². The first-order chi connectivity index (χ1) is 11.1. The summed E-state index contributed by atoms with van der Waals surface area (Å²) in [5, 5.41) is 4.05. The van der Waals surface area contributed by atoms with Crippen molar-refractivity contribution in [2.75, 3.05) is 110 Å². The number of hydrogen-bond acceptors (Lipinski definition) is 7. The van der Waals surface area contributed by atoms with Crippen molar-refractivity contribution in [1.82, 2.24) is 34.3 Å². The van der Waals surface area contributed by atoms with Crippen LogP contribution in [0.5, 0.6) is 0 Å². The Morgan fingerprint density at radius 3 is 1.31 bits per heavy atom. The maximum absolute atomic E-state index is 4.05. The molecule has 26 heavy (non-hydrogen) atoms. The van der Waals surface area contributed by atoms with Crippen molar-refractivity contribution in [1.29, 1.82) is 0 Å². The number of hydrogen-bond donors (Lipinski definition) is 0. The fourth-order valence-corrected chi connectivity index (χ4v) is 3.05. The monoisotopic (exact) mass is 548 g/mol. The maximum Gasteiger partial charge on any atom is 0.0523 e. The SMILES string of the molecule is C.CN1CN(C)CN(C)CN(C)C1.C[N-]CN(C)CN(C)CN(C)C.[Re]. The van der Waals surface area contributed by atoms with E-state index in [2.05, 4.69) is 96.0 Å². The van der Waals surface area contributed by atoms with Crippen molar-refractivity contribution in [3.8, 4) is 0 Å². The Labute approximate surface area is 177 Å². The summed E-state index contributed by atoms with van der Waals surface area (Å²) >= 11 is 0. The molecule has 0 aromatic rings. The van der Waals surface area contributed by atoms with Crippen LogP contribution in [0.2, 0.25) is 0 Å². The number of nitrogens with zero attached hydrogens (tertiary/aromatic N) is 8. The molecule has 1 radical (unpaired) electrons. The fraction of sp³-hybridized carbons (Fsp3) is 1.00. The Kier molecular flexibility index (Phi) is 20.8. The molecule has 9 heteroatoms. The van der Waals surface area contributed by atoms with Gasteiger partial charge in [0, 0.05) is 27.1 Å². The molecular formula is C17H45N8Re-. The van der Waals surface area contributed by atoms with Gasteiger partial charge in [0.05, 0.1) is 33.3 Å². The minimum atomic E-state index is 0. The molecule has 0 unspecified atom stereocenters. The number of rotatable bonds is 6. The Morgan fingerprint density at radius 2 is 1.04 bits per heavy atom. The standard InChI is InChI=1S/C8H20N4.C8H21N4.CH4.Re/c1-9-5-10(2)7-12(4)8-11(3)6-9;1-9-6-11(4)8-12(5)7-10(2)3;;/h5-8H2,1-4H3;6-8H2,1-5H3;1H4;/q;-1;;. The second kappa shape index (κ2) is 17.4. The zero-order valence-corrected chi connectivity index (χ0v) is 20.6. The predicted octanol–water partition coefficient (Wildman–Crippen LogP) is 0.478. The van der Waals surface area contributed by atoms with E-state index in [1.54, 1.807) is 0 Å². The van der Waals surface area contributed by atoms with Gasteiger partial charge in [-0.3, -0.25) is 29.4 Å². The minimum absolute atomic E-state index is 0. The van der Waals surface area contributed by atoms with E-state index >= 15 is 0 Å². The molecule has 0 aromatic heterocycles. The second-order valence-corrected chi connectivity index (χ2v) is 7.52. The Morgan fingerprint density at radius 1 is 0.692 bits per heavy atom. The van der Waals surface area contributed by atoms with Crippen LogP contribution in [0.3, 0.4) is 0 Å². The summed E-state index contributed by atoms with van der Waals surface area (Å²) in [4.78, 5) is 15.8. The molecule has 161 valence electrons. The van der Waals surface area contributed by atoms with Gasteiger partial charge in [0.25, 0.3) is 0 Å². The van der Waals surface area contributed by atoms with Gasteiger partial charge in [0.2, 0.25) is 0 Å². The van der Waals surface area contributed by atoms with Crippen molar-refractivity contribution in [3.05, 3.63) is 5.32 Å². The molecule has 1 aliphatic heterocycles. The molecule has 1 saturated heterocycles. The van der Waals surface area contributed by atoms with Crippen LogP contribution in [0, 0.1) is 0 Å². The van der Waals surface area contributed by atoms with Crippen LogP contribution in [-0.2, 0) is 20.4 Å². The first kappa shape index (κ1) is 31.0. The zero-order chi connectivity index (χ0) is 18.7. The molecule has 1 heterocycles. The molecule has 0 aromatic carbocycles. The van der Waals surface area contributed by atoms with E-state index in [1.165, 1.54) is 0 Å². The molecule has 0 spiro atoms. The van der Waals surface area contributed by atoms with Gasteiger partial charge in [0.1, 0.15) is 0 Å². The van der Waals surface area contributed by atoms with E-state index < -0.39 is 0 Å². The van der Waals surface area contributed by atoms with Crippen LogP contribution in [0.15, 0.2) is 0 Å². The van der Waals surface area contributed by atoms with Gasteiger partial charge in [-0.25, -0.2) is 0 Å². The van der Waals surface area contributed by atoms with Crippen LogP contribution in [0.4, 0.5) is 0 Å². The summed E-state index contributed by atoms with van der Waals surface area (Å²) in [5.74, 6) is 0. The third-order valence-electron chi connectivity index (χ3n) is 3.32. The molecule has 0 saturated carbocycles. The topological polar surface area (TPSA) is 36.8 Å². The van der Waals surface area contributed by atoms with Crippen molar-refractivity contribution in [2.24, 2.45) is 0 Å². The van der Waals surface area contributed by atoms with E-state index in [4.69, 9.17) is 0 Å². The molecule has 8 nitrogen and oxygen atoms in total. The molecule has 1 fully saturated rings. The first-order valence-corrected chi connectivity index (χ1v) is 8.45. The molecule has 0 N–H and O–H groups in total. The van der Waals surface area contributed by atoms with Gasteiger partial charge in [-0.1, -0.05) is 14.1 Å². The van der Waals surface area contributed by atoms with Crippen molar-refractivity contribution >= 4 is 0 Å². The Balaban J connectivity index is -0.000000378. The van der Waals surface area contributed by atoms with E-state index in [1.807, 2.05) is 7.05 Å². The summed E-state index contributed by atoms with van der Waals surface area (Å²) in [5.41, 5.74) is 0. The average molecular weight is 548 g/mol. The van der Waals surface area contributed by atoms with Crippen molar-refractivity contribution in [2.45, 2.75) is 7.43 Å². The molecular weight excluding hydrogens is 502 g/mol. The average Bonchev–Trinajstić information content (AvgIpc) is 2.35. The smallest absolute Gasteiger partial charge is 0.0523 e. The molecule has 0 atom stereocenters. The van der Waals surface area contributed by atoms with E-state index in [0.29, 0.717) is 0 Å². The van der Waals surface area contributed by atoms with Crippen LogP contribution < -0.4 is 0 Å². The third kappa shape index (κ3) is 17.7. The van der Waals surface area contributed by atoms with Crippen LogP contribution in [0.1, 0.15) is 7.43 Å². The van der Waals surface area contributed by atoms with Crippen LogP contribution in [-0.4, -0.2) is 144 Å². The normalized spacial score (nSPS) is 18.0. The van der Waals surface area contributed by atoms with Gasteiger partial charge < -0.3 is 10.2 Å². The molecule has 1 rings (SSSR count). The third-order valence-corrected chi connectivity index (χ3v) is 3.32. The summed E-state index contributed by atoms with van der Waals surface area (Å²) in [6.07, 6.45) is 0. The first-order valence-electron chi connectivity index (χ1n) is 8.45. The maximum atomic E-state index is 4.05. The van der Waals surface area contributed by atoms with Crippen LogP contribution in [0.25, 0.3) is 5.32 Å². The minimum Gasteiger partial charge on any atom is -0.653 e. The largest absolute Gasteiger partial charge is 0.653 e. The molecule has 0 bridgehead atoms. The van der Waals surface area contributed by atoms with Gasteiger partial charge in [-0.2, -0.15) is 7.05 Å². The zero-order valence-electron chi connectivity index (χ0n) is 17.9. The van der Waals surface area contributed by atoms with Crippen LogP contribution >= 0.6 is 0 Å².